The summed E-state index contributed by atoms with van der Waals surface area (Å²) in [6.45, 7) is 6.42. The minimum atomic E-state index is -1.06. The third kappa shape index (κ3) is 3.69. The first-order valence-electron chi connectivity index (χ1n) is 5.90. The zero-order valence-corrected chi connectivity index (χ0v) is 10.5. The molecule has 2 N–H and O–H groups in total. The lowest BCUT2D eigenvalue weighted by Crippen LogP contribution is -2.25. The van der Waals surface area contributed by atoms with Crippen molar-refractivity contribution in [2.24, 2.45) is 5.92 Å². The molecule has 0 radical (unpaired) electrons. The summed E-state index contributed by atoms with van der Waals surface area (Å²) in [7, 11) is 0. The molecule has 1 unspecified atom stereocenters. The highest BCUT2D eigenvalue weighted by Gasteiger charge is 2.14. The van der Waals surface area contributed by atoms with Crippen LogP contribution in [0, 0.1) is 5.92 Å². The number of aromatic carboxylic acids is 1. The van der Waals surface area contributed by atoms with Crippen molar-refractivity contribution in [2.75, 3.05) is 5.32 Å². The molecular weight excluding hydrogens is 218 g/mol. The van der Waals surface area contributed by atoms with Gasteiger partial charge in [-0.05, 0) is 12.8 Å². The molecule has 1 aromatic rings. The van der Waals surface area contributed by atoms with Crippen molar-refractivity contribution in [3.8, 4) is 0 Å². The largest absolute Gasteiger partial charge is 0.476 e. The minimum absolute atomic E-state index is 0.0364. The fraction of sp³-hybridized carbons (Fsp3) is 0.583. The summed E-state index contributed by atoms with van der Waals surface area (Å²) < 4.78 is 0. The van der Waals surface area contributed by atoms with E-state index in [-0.39, 0.29) is 5.69 Å². The molecule has 0 aromatic carbocycles. The molecule has 0 spiro atoms. The van der Waals surface area contributed by atoms with Crippen LogP contribution in [0.3, 0.4) is 0 Å². The average Bonchev–Trinajstić information content (AvgIpc) is 2.31. The van der Waals surface area contributed by atoms with Crippen LogP contribution >= 0.6 is 0 Å². The Bertz CT molecular complexity index is 361. The van der Waals surface area contributed by atoms with Crippen molar-refractivity contribution in [2.45, 2.75) is 39.7 Å². The first kappa shape index (κ1) is 13.4. The van der Waals surface area contributed by atoms with Gasteiger partial charge in [0.1, 0.15) is 5.82 Å². The molecule has 94 valence electrons. The molecule has 1 atom stereocenters. The number of rotatable bonds is 6. The van der Waals surface area contributed by atoms with Crippen molar-refractivity contribution in [3.63, 3.8) is 0 Å². The Morgan fingerprint density at radius 3 is 2.41 bits per heavy atom. The molecular formula is C12H19N3O2. The zero-order chi connectivity index (χ0) is 12.8. The quantitative estimate of drug-likeness (QED) is 0.794. The number of carboxylic acids is 1. The maximum absolute atomic E-state index is 10.6. The maximum Gasteiger partial charge on any atom is 0.356 e. The zero-order valence-electron chi connectivity index (χ0n) is 10.5. The lowest BCUT2D eigenvalue weighted by Gasteiger charge is -2.22. The van der Waals surface area contributed by atoms with Gasteiger partial charge in [-0.25, -0.2) is 14.8 Å². The topological polar surface area (TPSA) is 75.1 Å². The van der Waals surface area contributed by atoms with Gasteiger partial charge in [0.2, 0.25) is 0 Å². The van der Waals surface area contributed by atoms with Gasteiger partial charge >= 0.3 is 5.97 Å². The first-order valence-corrected chi connectivity index (χ1v) is 5.90. The smallest absolute Gasteiger partial charge is 0.356 e. The predicted octanol–water partition coefficient (Wildman–Crippen LogP) is 2.41. The van der Waals surface area contributed by atoms with Gasteiger partial charge in [0.05, 0.1) is 12.4 Å². The van der Waals surface area contributed by atoms with Crippen LogP contribution in [0.5, 0.6) is 0 Å². The summed E-state index contributed by atoms with van der Waals surface area (Å²) in [6.07, 6.45) is 4.93. The molecule has 5 nitrogen and oxygen atoms in total. The highest BCUT2D eigenvalue weighted by molar-refractivity contribution is 5.84. The van der Waals surface area contributed by atoms with Crippen LogP contribution in [-0.2, 0) is 0 Å². The second-order valence-corrected chi connectivity index (χ2v) is 4.10. The molecule has 17 heavy (non-hydrogen) atoms. The second-order valence-electron chi connectivity index (χ2n) is 4.10. The monoisotopic (exact) mass is 237 g/mol. The Balaban J connectivity index is 2.65. The Labute approximate surface area is 101 Å². The Morgan fingerprint density at radius 1 is 1.35 bits per heavy atom. The highest BCUT2D eigenvalue weighted by atomic mass is 16.4. The van der Waals surface area contributed by atoms with Crippen LogP contribution < -0.4 is 5.32 Å². The van der Waals surface area contributed by atoms with Crippen LogP contribution in [0.4, 0.5) is 5.82 Å². The Morgan fingerprint density at radius 2 is 2.00 bits per heavy atom. The molecule has 0 aliphatic heterocycles. The molecule has 5 heteroatoms. The minimum Gasteiger partial charge on any atom is -0.476 e. The number of nitrogens with zero attached hydrogens (tertiary/aromatic N) is 2. The van der Waals surface area contributed by atoms with Crippen molar-refractivity contribution < 1.29 is 9.90 Å². The third-order valence-electron chi connectivity index (χ3n) is 3.00. The number of hydrogen-bond donors (Lipinski definition) is 2. The van der Waals surface area contributed by atoms with Crippen LogP contribution in [0.15, 0.2) is 12.4 Å². The van der Waals surface area contributed by atoms with Gasteiger partial charge in [-0.15, -0.1) is 0 Å². The number of carboxylic acid groups (broad SMARTS) is 1. The molecule has 0 fully saturated rings. The highest BCUT2D eigenvalue weighted by Crippen LogP contribution is 2.16. The molecule has 1 rings (SSSR count). The number of carbonyl (C=O) groups is 1. The second kappa shape index (κ2) is 6.18. The third-order valence-corrected chi connectivity index (χ3v) is 3.00. The Kier molecular flexibility index (Phi) is 4.87. The van der Waals surface area contributed by atoms with Crippen LogP contribution in [0.1, 0.15) is 44.1 Å². The van der Waals surface area contributed by atoms with Gasteiger partial charge in [-0.3, -0.25) is 0 Å². The van der Waals surface area contributed by atoms with E-state index in [1.807, 2.05) is 0 Å². The molecule has 1 aromatic heterocycles. The van der Waals surface area contributed by atoms with E-state index in [0.29, 0.717) is 17.8 Å². The van der Waals surface area contributed by atoms with E-state index in [1.54, 1.807) is 0 Å². The molecule has 0 amide bonds. The summed E-state index contributed by atoms with van der Waals surface area (Å²) in [5.41, 5.74) is -0.0364. The number of nitrogens with one attached hydrogen (secondary N) is 1. The standard InChI is InChI=1S/C12H19N3O2/c1-4-9(5-2)8(3)15-11-7-13-10(6-14-11)12(16)17/h6-9H,4-5H2,1-3H3,(H,14,15)(H,16,17). The van der Waals surface area contributed by atoms with Crippen molar-refractivity contribution >= 4 is 11.8 Å². The molecule has 0 aliphatic rings. The summed E-state index contributed by atoms with van der Waals surface area (Å²) in [5, 5.41) is 11.9. The average molecular weight is 237 g/mol. The number of anilines is 1. The fourth-order valence-corrected chi connectivity index (χ4v) is 1.86. The van der Waals surface area contributed by atoms with Crippen molar-refractivity contribution in [1.82, 2.24) is 9.97 Å². The van der Waals surface area contributed by atoms with E-state index in [2.05, 4.69) is 36.1 Å². The van der Waals surface area contributed by atoms with E-state index in [9.17, 15) is 4.79 Å². The van der Waals surface area contributed by atoms with Gasteiger partial charge in [0.15, 0.2) is 5.69 Å². The SMILES string of the molecule is CCC(CC)C(C)Nc1cnc(C(=O)O)cn1. The van der Waals surface area contributed by atoms with Crippen LogP contribution in [-0.4, -0.2) is 27.1 Å². The maximum atomic E-state index is 10.6. The van der Waals surface area contributed by atoms with E-state index >= 15 is 0 Å². The molecule has 0 saturated carbocycles. The van der Waals surface area contributed by atoms with Gasteiger partial charge < -0.3 is 10.4 Å². The van der Waals surface area contributed by atoms with Gasteiger partial charge in [-0.2, -0.15) is 0 Å². The lowest BCUT2D eigenvalue weighted by molar-refractivity contribution is 0.0690. The van der Waals surface area contributed by atoms with Gasteiger partial charge in [0.25, 0.3) is 0 Å². The summed E-state index contributed by atoms with van der Waals surface area (Å²) in [6, 6.07) is 0.301. The Hall–Kier alpha value is -1.65. The molecule has 0 saturated heterocycles. The van der Waals surface area contributed by atoms with Crippen molar-refractivity contribution in [1.29, 1.82) is 0 Å². The van der Waals surface area contributed by atoms with Crippen LogP contribution in [0.2, 0.25) is 0 Å². The fourth-order valence-electron chi connectivity index (χ4n) is 1.86. The normalized spacial score (nSPS) is 12.5. The lowest BCUT2D eigenvalue weighted by atomic mass is 9.96. The number of aromatic nitrogens is 2. The van der Waals surface area contributed by atoms with E-state index in [1.165, 1.54) is 12.4 Å². The van der Waals surface area contributed by atoms with Gasteiger partial charge in [0, 0.05) is 6.04 Å². The molecule has 0 bridgehead atoms. The van der Waals surface area contributed by atoms with E-state index in [4.69, 9.17) is 5.11 Å². The van der Waals surface area contributed by atoms with E-state index in [0.717, 1.165) is 12.8 Å². The summed E-state index contributed by atoms with van der Waals surface area (Å²) in [5.74, 6) is 0.141. The van der Waals surface area contributed by atoms with Crippen LogP contribution in [0.25, 0.3) is 0 Å². The van der Waals surface area contributed by atoms with Gasteiger partial charge in [-0.1, -0.05) is 26.7 Å². The van der Waals surface area contributed by atoms with E-state index < -0.39 is 5.97 Å². The predicted molar refractivity (Wildman–Crippen MR) is 66.1 cm³/mol. The summed E-state index contributed by atoms with van der Waals surface area (Å²) in [4.78, 5) is 18.5. The first-order chi connectivity index (χ1) is 8.08. The van der Waals surface area contributed by atoms with Crippen molar-refractivity contribution in [3.05, 3.63) is 18.1 Å². The molecule has 0 aliphatic carbocycles. The number of hydrogen-bond acceptors (Lipinski definition) is 4. The summed E-state index contributed by atoms with van der Waals surface area (Å²) >= 11 is 0. The molecule has 1 heterocycles.